The Morgan fingerprint density at radius 3 is 2.63 bits per heavy atom. The topological polar surface area (TPSA) is 61.8 Å². The maximum absolute atomic E-state index is 12.1. The lowest BCUT2D eigenvalue weighted by molar-refractivity contribution is -0.130. The quantitative estimate of drug-likeness (QED) is 0.773. The summed E-state index contributed by atoms with van der Waals surface area (Å²) in [5, 5.41) is 0. The second-order valence-electron chi connectivity index (χ2n) is 8.38. The first-order chi connectivity index (χ1) is 13.1. The van der Waals surface area contributed by atoms with Crippen LogP contribution in [0.3, 0.4) is 0 Å². The zero-order valence-corrected chi connectivity index (χ0v) is 16.5. The molecular weight excluding hydrogens is 342 g/mol. The number of likely N-dealkylation sites (tertiary alicyclic amines) is 1. The van der Waals surface area contributed by atoms with E-state index >= 15 is 0 Å². The molecule has 0 bridgehead atoms. The van der Waals surface area contributed by atoms with Crippen molar-refractivity contribution in [2.75, 3.05) is 63.9 Å². The molecule has 0 spiro atoms. The van der Waals surface area contributed by atoms with Gasteiger partial charge in [0, 0.05) is 57.6 Å². The second-order valence-corrected chi connectivity index (χ2v) is 8.38. The van der Waals surface area contributed by atoms with Crippen LogP contribution in [0, 0.1) is 11.8 Å². The van der Waals surface area contributed by atoms with Crippen molar-refractivity contribution in [2.45, 2.75) is 26.2 Å². The van der Waals surface area contributed by atoms with Crippen LogP contribution in [0.2, 0.25) is 0 Å². The molecule has 0 aliphatic carbocycles. The summed E-state index contributed by atoms with van der Waals surface area (Å²) in [6.45, 7) is 12.5. The van der Waals surface area contributed by atoms with Gasteiger partial charge in [0.2, 0.25) is 5.91 Å². The summed E-state index contributed by atoms with van der Waals surface area (Å²) in [6, 6.07) is 2.15. The number of hydrogen-bond acceptors (Lipinski definition) is 6. The van der Waals surface area contributed by atoms with Crippen LogP contribution in [0.15, 0.2) is 12.4 Å². The number of hydrogen-bond donors (Lipinski definition) is 0. The molecule has 7 nitrogen and oxygen atoms in total. The maximum atomic E-state index is 12.1. The Labute approximate surface area is 161 Å². The third-order valence-electron chi connectivity index (χ3n) is 6.16. The Balaban J connectivity index is 1.28. The number of anilines is 1. The SMILES string of the molecule is CC(C)c1cc(N2CC3CN(CCN4CCOCCC4=O)CC3C2)ncn1. The van der Waals surface area contributed by atoms with Gasteiger partial charge in [-0.2, -0.15) is 0 Å². The molecule has 3 aliphatic heterocycles. The Bertz CT molecular complexity index is 654. The average Bonchev–Trinajstić information content (AvgIpc) is 3.15. The summed E-state index contributed by atoms with van der Waals surface area (Å²) in [4.78, 5) is 27.9. The molecule has 1 amide bonds. The molecule has 2 atom stereocenters. The van der Waals surface area contributed by atoms with Crippen molar-refractivity contribution in [2.24, 2.45) is 11.8 Å². The molecule has 0 radical (unpaired) electrons. The summed E-state index contributed by atoms with van der Waals surface area (Å²) in [7, 11) is 0. The van der Waals surface area contributed by atoms with Crippen LogP contribution in [0.1, 0.15) is 31.9 Å². The highest BCUT2D eigenvalue weighted by Gasteiger charge is 2.40. The summed E-state index contributed by atoms with van der Waals surface area (Å²) in [5.41, 5.74) is 1.12. The van der Waals surface area contributed by atoms with Gasteiger partial charge in [-0.15, -0.1) is 0 Å². The van der Waals surface area contributed by atoms with E-state index in [0.29, 0.717) is 37.4 Å². The molecule has 4 heterocycles. The van der Waals surface area contributed by atoms with Crippen LogP contribution < -0.4 is 4.90 Å². The van der Waals surface area contributed by atoms with Crippen molar-refractivity contribution >= 4 is 11.7 Å². The van der Waals surface area contributed by atoms with E-state index in [4.69, 9.17) is 4.74 Å². The minimum absolute atomic E-state index is 0.239. The fourth-order valence-electron chi connectivity index (χ4n) is 4.53. The van der Waals surface area contributed by atoms with Crippen molar-refractivity contribution in [3.63, 3.8) is 0 Å². The van der Waals surface area contributed by atoms with Gasteiger partial charge in [0.15, 0.2) is 0 Å². The van der Waals surface area contributed by atoms with Crippen molar-refractivity contribution in [1.82, 2.24) is 19.8 Å². The third kappa shape index (κ3) is 4.24. The smallest absolute Gasteiger partial charge is 0.225 e. The van der Waals surface area contributed by atoms with Gasteiger partial charge in [-0.25, -0.2) is 9.97 Å². The lowest BCUT2D eigenvalue weighted by Crippen LogP contribution is -2.39. The maximum Gasteiger partial charge on any atom is 0.225 e. The van der Waals surface area contributed by atoms with Gasteiger partial charge >= 0.3 is 0 Å². The monoisotopic (exact) mass is 373 g/mol. The lowest BCUT2D eigenvalue weighted by atomic mass is 10.0. The summed E-state index contributed by atoms with van der Waals surface area (Å²) < 4.78 is 5.41. The zero-order chi connectivity index (χ0) is 18.8. The van der Waals surface area contributed by atoms with Gasteiger partial charge in [-0.1, -0.05) is 13.8 Å². The van der Waals surface area contributed by atoms with E-state index in [1.165, 1.54) is 0 Å². The van der Waals surface area contributed by atoms with Crippen molar-refractivity contribution in [3.8, 4) is 0 Å². The van der Waals surface area contributed by atoms with Crippen LogP contribution in [0.25, 0.3) is 0 Å². The highest BCUT2D eigenvalue weighted by molar-refractivity contribution is 5.76. The van der Waals surface area contributed by atoms with Crippen LogP contribution in [0.4, 0.5) is 5.82 Å². The molecule has 148 valence electrons. The zero-order valence-electron chi connectivity index (χ0n) is 16.5. The van der Waals surface area contributed by atoms with E-state index in [9.17, 15) is 4.79 Å². The molecule has 7 heteroatoms. The molecule has 3 fully saturated rings. The van der Waals surface area contributed by atoms with Gasteiger partial charge in [0.05, 0.1) is 19.6 Å². The third-order valence-corrected chi connectivity index (χ3v) is 6.16. The van der Waals surface area contributed by atoms with Crippen molar-refractivity contribution in [3.05, 3.63) is 18.1 Å². The summed E-state index contributed by atoms with van der Waals surface area (Å²) in [6.07, 6.45) is 2.23. The predicted octanol–water partition coefficient (Wildman–Crippen LogP) is 1.22. The highest BCUT2D eigenvalue weighted by atomic mass is 16.5. The van der Waals surface area contributed by atoms with E-state index in [1.807, 2.05) is 4.90 Å². The molecule has 27 heavy (non-hydrogen) atoms. The number of rotatable bonds is 5. The number of carbonyl (C=O) groups is 1. The molecule has 3 aliphatic rings. The van der Waals surface area contributed by atoms with Gasteiger partial charge < -0.3 is 19.4 Å². The number of fused-ring (bicyclic) bond motifs is 1. The number of aromatic nitrogens is 2. The summed E-state index contributed by atoms with van der Waals surface area (Å²) in [5.74, 6) is 3.14. The van der Waals surface area contributed by atoms with E-state index in [0.717, 1.165) is 57.3 Å². The molecule has 2 unspecified atom stereocenters. The molecule has 1 aromatic heterocycles. The number of nitrogens with zero attached hydrogens (tertiary/aromatic N) is 5. The minimum atomic E-state index is 0.239. The fraction of sp³-hybridized carbons (Fsp3) is 0.750. The molecule has 4 rings (SSSR count). The number of carbonyl (C=O) groups excluding carboxylic acids is 1. The molecule has 0 N–H and O–H groups in total. The Morgan fingerprint density at radius 2 is 1.89 bits per heavy atom. The van der Waals surface area contributed by atoms with Gasteiger partial charge in [0.1, 0.15) is 12.1 Å². The standard InChI is InChI=1S/C20H31N5O2/c1-15(2)18-9-19(22-14-21-18)25-12-16-10-23(11-17(16)13-25)4-5-24-6-8-27-7-3-20(24)26/h9,14-17H,3-8,10-13H2,1-2H3. The Hall–Kier alpha value is -1.73. The number of amides is 1. The van der Waals surface area contributed by atoms with Crippen LogP contribution in [-0.4, -0.2) is 84.7 Å². The van der Waals surface area contributed by atoms with E-state index in [-0.39, 0.29) is 5.91 Å². The molecular formula is C20H31N5O2. The molecule has 0 saturated carbocycles. The fourth-order valence-corrected chi connectivity index (χ4v) is 4.53. The second kappa shape index (κ2) is 8.10. The Kier molecular flexibility index (Phi) is 5.59. The van der Waals surface area contributed by atoms with E-state index in [1.54, 1.807) is 6.33 Å². The summed E-state index contributed by atoms with van der Waals surface area (Å²) >= 11 is 0. The molecule has 0 aromatic carbocycles. The highest BCUT2D eigenvalue weighted by Crippen LogP contribution is 2.33. The first kappa shape index (κ1) is 18.6. The first-order valence-electron chi connectivity index (χ1n) is 10.2. The van der Waals surface area contributed by atoms with Crippen molar-refractivity contribution < 1.29 is 9.53 Å². The van der Waals surface area contributed by atoms with Gasteiger partial charge in [-0.3, -0.25) is 4.79 Å². The Morgan fingerprint density at radius 1 is 1.11 bits per heavy atom. The van der Waals surface area contributed by atoms with Gasteiger partial charge in [-0.05, 0) is 17.8 Å². The predicted molar refractivity (Wildman–Crippen MR) is 104 cm³/mol. The normalized spacial score (nSPS) is 26.7. The molecule has 3 saturated heterocycles. The van der Waals surface area contributed by atoms with E-state index < -0.39 is 0 Å². The van der Waals surface area contributed by atoms with Crippen LogP contribution in [-0.2, 0) is 9.53 Å². The van der Waals surface area contributed by atoms with Crippen LogP contribution >= 0.6 is 0 Å². The molecule has 1 aromatic rings. The largest absolute Gasteiger partial charge is 0.379 e. The average molecular weight is 374 g/mol. The lowest BCUT2D eigenvalue weighted by Gasteiger charge is -2.25. The van der Waals surface area contributed by atoms with Gasteiger partial charge in [0.25, 0.3) is 0 Å². The van der Waals surface area contributed by atoms with E-state index in [2.05, 4.69) is 39.7 Å². The number of ether oxygens (including phenoxy) is 1. The van der Waals surface area contributed by atoms with Crippen molar-refractivity contribution in [1.29, 1.82) is 0 Å². The van der Waals surface area contributed by atoms with Crippen LogP contribution in [0.5, 0.6) is 0 Å². The first-order valence-corrected chi connectivity index (χ1v) is 10.2. The minimum Gasteiger partial charge on any atom is -0.379 e.